The highest BCUT2D eigenvalue weighted by molar-refractivity contribution is 6.30. The molecule has 4 aliphatic rings. The average molecular weight is 451 g/mol. The van der Waals surface area contributed by atoms with Crippen molar-refractivity contribution < 1.29 is 14.3 Å². The minimum atomic E-state index is -0.0875. The third-order valence-electron chi connectivity index (χ3n) is 7.81. The summed E-state index contributed by atoms with van der Waals surface area (Å²) in [6.45, 7) is 2.36. The Morgan fingerprint density at radius 2 is 1.69 bits per heavy atom. The molecule has 0 N–H and O–H groups in total. The fourth-order valence-corrected chi connectivity index (χ4v) is 6.93. The highest BCUT2D eigenvalue weighted by Gasteiger charge is 2.53. The van der Waals surface area contributed by atoms with E-state index >= 15 is 0 Å². The van der Waals surface area contributed by atoms with Crippen molar-refractivity contribution in [3.05, 3.63) is 64.2 Å². The number of rotatable bonds is 7. The van der Waals surface area contributed by atoms with E-state index in [4.69, 9.17) is 21.1 Å². The Labute approximate surface area is 195 Å². The number of carbonyl (C=O) groups is 1. The van der Waals surface area contributed by atoms with Crippen LogP contribution in [0.4, 0.5) is 0 Å². The number of hydrogen-bond donors (Lipinski definition) is 0. The second-order valence-corrected chi connectivity index (χ2v) is 10.6. The molecule has 0 aromatic heterocycles. The second-order valence-electron chi connectivity index (χ2n) is 10.2. The molecule has 0 saturated heterocycles. The van der Waals surface area contributed by atoms with E-state index in [1.54, 1.807) is 7.11 Å². The maximum Gasteiger partial charge on any atom is 0.161 e. The Morgan fingerprint density at radius 3 is 2.31 bits per heavy atom. The van der Waals surface area contributed by atoms with Gasteiger partial charge in [0.05, 0.1) is 7.11 Å². The summed E-state index contributed by atoms with van der Waals surface area (Å²) in [5.74, 6) is 4.25. The third kappa shape index (κ3) is 4.20. The quantitative estimate of drug-likeness (QED) is 0.424. The number of ether oxygens (including phenoxy) is 2. The molecule has 0 unspecified atom stereocenters. The highest BCUT2D eigenvalue weighted by atomic mass is 35.5. The molecule has 168 valence electrons. The maximum atomic E-state index is 13.3. The summed E-state index contributed by atoms with van der Waals surface area (Å²) in [6.07, 6.45) is 11.2. The molecule has 0 radical (unpaired) electrons. The molecule has 4 heteroatoms. The molecule has 32 heavy (non-hydrogen) atoms. The van der Waals surface area contributed by atoms with Crippen molar-refractivity contribution in [2.75, 3.05) is 7.11 Å². The van der Waals surface area contributed by atoms with Gasteiger partial charge < -0.3 is 9.47 Å². The maximum absolute atomic E-state index is 13.3. The van der Waals surface area contributed by atoms with Crippen molar-refractivity contribution in [3.8, 4) is 11.5 Å². The first-order chi connectivity index (χ1) is 15.4. The van der Waals surface area contributed by atoms with Crippen LogP contribution in [0.5, 0.6) is 11.5 Å². The van der Waals surface area contributed by atoms with Crippen LogP contribution in [0.25, 0.3) is 6.08 Å². The van der Waals surface area contributed by atoms with Crippen molar-refractivity contribution in [1.82, 2.24) is 0 Å². The van der Waals surface area contributed by atoms with E-state index in [0.29, 0.717) is 17.4 Å². The van der Waals surface area contributed by atoms with Crippen molar-refractivity contribution >= 4 is 23.5 Å². The number of hydrogen-bond acceptors (Lipinski definition) is 3. The molecular weight excluding hydrogens is 420 g/mol. The van der Waals surface area contributed by atoms with Crippen LogP contribution >= 0.6 is 11.6 Å². The number of aryl methyl sites for hydroxylation is 1. The molecule has 4 saturated carbocycles. The first-order valence-electron chi connectivity index (χ1n) is 11.7. The zero-order chi connectivity index (χ0) is 22.3. The predicted octanol–water partition coefficient (Wildman–Crippen LogP) is 7.03. The molecule has 3 nitrogen and oxygen atoms in total. The van der Waals surface area contributed by atoms with Gasteiger partial charge in [-0.3, -0.25) is 4.79 Å². The molecular formula is C28H31ClO3. The van der Waals surface area contributed by atoms with Gasteiger partial charge in [-0.15, -0.1) is 0 Å². The van der Waals surface area contributed by atoms with Gasteiger partial charge in [-0.2, -0.15) is 0 Å². The van der Waals surface area contributed by atoms with E-state index in [1.165, 1.54) is 19.3 Å². The Bertz CT molecular complexity index is 1020. The van der Waals surface area contributed by atoms with Gasteiger partial charge in [-0.1, -0.05) is 23.7 Å². The van der Waals surface area contributed by atoms with Crippen LogP contribution in [0.2, 0.25) is 5.02 Å². The number of allylic oxidation sites excluding steroid dienone is 1. The first kappa shape index (κ1) is 21.6. The van der Waals surface area contributed by atoms with Crippen LogP contribution in [0.3, 0.4) is 0 Å². The van der Waals surface area contributed by atoms with Gasteiger partial charge in [0.2, 0.25) is 0 Å². The molecule has 4 aliphatic carbocycles. The number of benzene rings is 2. The molecule has 4 bridgehead atoms. The van der Waals surface area contributed by atoms with Gasteiger partial charge in [-0.05, 0) is 111 Å². The molecule has 2 aromatic carbocycles. The van der Waals surface area contributed by atoms with Crippen LogP contribution < -0.4 is 9.47 Å². The topological polar surface area (TPSA) is 35.5 Å². The zero-order valence-corrected chi connectivity index (χ0v) is 19.7. The third-order valence-corrected chi connectivity index (χ3v) is 8.05. The van der Waals surface area contributed by atoms with Crippen LogP contribution in [0.15, 0.2) is 42.5 Å². The molecule has 0 heterocycles. The average Bonchev–Trinajstić information content (AvgIpc) is 2.76. The number of ketones is 1. The van der Waals surface area contributed by atoms with Crippen molar-refractivity contribution in [1.29, 1.82) is 0 Å². The van der Waals surface area contributed by atoms with Gasteiger partial charge in [0.15, 0.2) is 5.78 Å². The summed E-state index contributed by atoms with van der Waals surface area (Å²) in [5, 5.41) is 0.697. The van der Waals surface area contributed by atoms with E-state index in [9.17, 15) is 4.79 Å². The molecule has 0 aliphatic heterocycles. The smallest absolute Gasteiger partial charge is 0.161 e. The number of methoxy groups -OCH3 is 1. The summed E-state index contributed by atoms with van der Waals surface area (Å²) in [5.41, 5.74) is 2.85. The summed E-state index contributed by atoms with van der Waals surface area (Å²) in [4.78, 5) is 13.3. The lowest BCUT2D eigenvalue weighted by Gasteiger charge is -2.55. The highest BCUT2D eigenvalue weighted by Crippen LogP contribution is 2.60. The number of carbonyl (C=O) groups excluding carboxylic acids is 1. The summed E-state index contributed by atoms with van der Waals surface area (Å²) in [6, 6.07) is 11.6. The standard InChI is InChI=1S/C28H31ClO3/c1-18-9-24(29)5-7-25(18)32-17-23-13-19(3-6-26(23)31-2)4-8-27(30)28-14-20-10-21(15-28)12-22(11-20)16-28/h3-9,13,20-22H,10-12,14-17H2,1-2H3/b8-4+. The Kier molecular flexibility index (Phi) is 5.79. The van der Waals surface area contributed by atoms with E-state index in [1.807, 2.05) is 55.5 Å². The number of halogens is 1. The predicted molar refractivity (Wildman–Crippen MR) is 128 cm³/mol. The summed E-state index contributed by atoms with van der Waals surface area (Å²) < 4.78 is 11.6. The fraction of sp³-hybridized carbons (Fsp3) is 0.464. The van der Waals surface area contributed by atoms with E-state index < -0.39 is 0 Å². The van der Waals surface area contributed by atoms with Gasteiger partial charge in [-0.25, -0.2) is 0 Å². The Hall–Kier alpha value is -2.26. The van der Waals surface area contributed by atoms with Gasteiger partial charge in [0.1, 0.15) is 18.1 Å². The lowest BCUT2D eigenvalue weighted by molar-refractivity contribution is -0.138. The van der Waals surface area contributed by atoms with E-state index in [-0.39, 0.29) is 5.41 Å². The summed E-state index contributed by atoms with van der Waals surface area (Å²) >= 11 is 6.05. The Balaban J connectivity index is 1.31. The van der Waals surface area contributed by atoms with Crippen LogP contribution in [0.1, 0.15) is 55.2 Å². The molecule has 2 aromatic rings. The van der Waals surface area contributed by atoms with Crippen molar-refractivity contribution in [2.45, 2.75) is 52.1 Å². The SMILES string of the molecule is COc1ccc(/C=C/C(=O)C23CC4CC(CC(C4)C2)C3)cc1COc1ccc(Cl)cc1C. The Morgan fingerprint density at radius 1 is 1.03 bits per heavy atom. The van der Waals surface area contributed by atoms with Gasteiger partial charge >= 0.3 is 0 Å². The van der Waals surface area contributed by atoms with Crippen molar-refractivity contribution in [2.24, 2.45) is 23.2 Å². The van der Waals surface area contributed by atoms with E-state index in [0.717, 1.165) is 65.2 Å². The zero-order valence-electron chi connectivity index (χ0n) is 18.9. The second kappa shape index (κ2) is 8.59. The van der Waals surface area contributed by atoms with Gasteiger partial charge in [0, 0.05) is 16.0 Å². The van der Waals surface area contributed by atoms with Crippen LogP contribution in [-0.4, -0.2) is 12.9 Å². The van der Waals surface area contributed by atoms with Crippen LogP contribution in [-0.2, 0) is 11.4 Å². The minimum Gasteiger partial charge on any atom is -0.496 e. The van der Waals surface area contributed by atoms with Crippen LogP contribution in [0, 0.1) is 30.1 Å². The fourth-order valence-electron chi connectivity index (χ4n) is 6.71. The minimum absolute atomic E-state index is 0.0875. The lowest BCUT2D eigenvalue weighted by atomic mass is 9.48. The molecule has 0 spiro atoms. The van der Waals surface area contributed by atoms with E-state index in [2.05, 4.69) is 0 Å². The molecule has 0 amide bonds. The normalized spacial score (nSPS) is 28.3. The van der Waals surface area contributed by atoms with Crippen molar-refractivity contribution in [3.63, 3.8) is 0 Å². The molecule has 0 atom stereocenters. The molecule has 4 fully saturated rings. The lowest BCUT2D eigenvalue weighted by Crippen LogP contribution is -2.49. The largest absolute Gasteiger partial charge is 0.496 e. The summed E-state index contributed by atoms with van der Waals surface area (Å²) in [7, 11) is 1.67. The monoisotopic (exact) mass is 450 g/mol. The molecule has 6 rings (SSSR count). The van der Waals surface area contributed by atoms with Gasteiger partial charge in [0.25, 0.3) is 0 Å². The first-order valence-corrected chi connectivity index (χ1v) is 12.1.